The highest BCUT2D eigenvalue weighted by atomic mass is 35.5. The van der Waals surface area contributed by atoms with E-state index in [9.17, 15) is 17.6 Å². The highest BCUT2D eigenvalue weighted by Gasteiger charge is 2.51. The van der Waals surface area contributed by atoms with Gasteiger partial charge in [0.2, 0.25) is 20.9 Å². The second-order valence-corrected chi connectivity index (χ2v) is 18.0. The van der Waals surface area contributed by atoms with Gasteiger partial charge in [-0.25, -0.2) is 17.8 Å². The first kappa shape index (κ1) is 31.8. The fourth-order valence-electron chi connectivity index (χ4n) is 4.82. The summed E-state index contributed by atoms with van der Waals surface area (Å²) in [5, 5.41) is 3.57. The van der Waals surface area contributed by atoms with Crippen LogP contribution in [0.15, 0.2) is 70.6 Å². The van der Waals surface area contributed by atoms with Gasteiger partial charge in [0.1, 0.15) is 17.5 Å². The number of halogens is 2. The standard InChI is InChI=1S/C29H34ClFN4O5SSi/c1-28(2,3)42(19-13-9-7-10-14-19,20-15-11-8-12-16-20)40-18-29(4,32-5)17-39-26-21-23(22(31)24(30)34-26)33-27(35-25(21)36)41(6,37)38/h7-16,32H,17-18H2,1-6H3,(H,33,35,36). The van der Waals surface area contributed by atoms with Gasteiger partial charge in [-0.1, -0.05) is 93.0 Å². The molecule has 0 saturated carbocycles. The lowest BCUT2D eigenvalue weighted by molar-refractivity contribution is 0.127. The lowest BCUT2D eigenvalue weighted by Crippen LogP contribution is -2.68. The smallest absolute Gasteiger partial charge is 0.265 e. The molecule has 0 bridgehead atoms. The normalized spacial score (nSPS) is 14.1. The van der Waals surface area contributed by atoms with Gasteiger partial charge in [0.15, 0.2) is 11.0 Å². The maximum Gasteiger partial charge on any atom is 0.265 e. The SMILES string of the molecule is CNC(C)(COc1nc(Cl)c(F)c2nc(S(C)(=O)=O)[nH]c(=O)c12)CO[Si](c1ccccc1)(c1ccccc1)C(C)(C)C. The predicted octanol–water partition coefficient (Wildman–Crippen LogP) is 3.45. The monoisotopic (exact) mass is 632 g/mol. The molecule has 224 valence electrons. The van der Waals surface area contributed by atoms with Crippen molar-refractivity contribution in [2.75, 3.05) is 26.5 Å². The number of hydrogen-bond donors (Lipinski definition) is 2. The Morgan fingerprint density at radius 2 is 1.52 bits per heavy atom. The van der Waals surface area contributed by atoms with Gasteiger partial charge < -0.3 is 14.5 Å². The van der Waals surface area contributed by atoms with Crippen molar-refractivity contribution >= 4 is 51.0 Å². The number of aromatic amines is 1. The number of ether oxygens (including phenoxy) is 1. The Kier molecular flexibility index (Phi) is 8.96. The van der Waals surface area contributed by atoms with E-state index in [4.69, 9.17) is 20.8 Å². The third-order valence-electron chi connectivity index (χ3n) is 7.21. The molecule has 0 fully saturated rings. The van der Waals surface area contributed by atoms with Crippen LogP contribution in [-0.4, -0.2) is 63.7 Å². The second kappa shape index (κ2) is 11.8. The average molecular weight is 633 g/mol. The van der Waals surface area contributed by atoms with E-state index in [1.165, 1.54) is 0 Å². The summed E-state index contributed by atoms with van der Waals surface area (Å²) in [4.78, 5) is 22.8. The van der Waals surface area contributed by atoms with Crippen LogP contribution >= 0.6 is 11.6 Å². The summed E-state index contributed by atoms with van der Waals surface area (Å²) in [6, 6.07) is 20.4. The van der Waals surface area contributed by atoms with Crippen LogP contribution < -0.4 is 26.0 Å². The summed E-state index contributed by atoms with van der Waals surface area (Å²) in [6.07, 6.45) is 0.847. The number of sulfone groups is 1. The van der Waals surface area contributed by atoms with E-state index < -0.39 is 50.9 Å². The van der Waals surface area contributed by atoms with Crippen molar-refractivity contribution < 1.29 is 22.0 Å². The summed E-state index contributed by atoms with van der Waals surface area (Å²) in [7, 11) is -5.06. The molecule has 0 aliphatic carbocycles. The third-order valence-corrected chi connectivity index (χ3v) is 13.3. The lowest BCUT2D eigenvalue weighted by atomic mass is 10.1. The fraction of sp³-hybridized carbons (Fsp3) is 0.345. The molecule has 42 heavy (non-hydrogen) atoms. The molecule has 2 heterocycles. The van der Waals surface area contributed by atoms with Crippen molar-refractivity contribution in [3.05, 3.63) is 82.0 Å². The van der Waals surface area contributed by atoms with Gasteiger partial charge in [-0.15, -0.1) is 0 Å². The van der Waals surface area contributed by atoms with Crippen LogP contribution in [-0.2, 0) is 14.3 Å². The Balaban J connectivity index is 1.72. The molecular formula is C29H34ClFN4O5SSi. The van der Waals surface area contributed by atoms with E-state index in [0.29, 0.717) is 0 Å². The number of likely N-dealkylation sites (N-methyl/N-ethyl adjacent to an activating group) is 1. The first-order chi connectivity index (χ1) is 19.6. The summed E-state index contributed by atoms with van der Waals surface area (Å²) < 4.78 is 51.9. The van der Waals surface area contributed by atoms with E-state index in [-0.39, 0.29) is 29.5 Å². The summed E-state index contributed by atoms with van der Waals surface area (Å²) in [5.41, 5.74) is -2.29. The fourth-order valence-corrected chi connectivity index (χ4v) is 10.2. The van der Waals surface area contributed by atoms with Crippen LogP contribution in [0.4, 0.5) is 4.39 Å². The van der Waals surface area contributed by atoms with Crippen LogP contribution in [0.3, 0.4) is 0 Å². The third kappa shape index (κ3) is 6.13. The number of benzene rings is 2. The molecule has 4 rings (SSSR count). The maximum absolute atomic E-state index is 14.9. The quantitative estimate of drug-likeness (QED) is 0.155. The Bertz CT molecular complexity index is 1710. The minimum Gasteiger partial charge on any atom is -0.475 e. The van der Waals surface area contributed by atoms with Crippen molar-refractivity contribution in [2.45, 2.75) is 43.4 Å². The van der Waals surface area contributed by atoms with Crippen molar-refractivity contribution in [1.29, 1.82) is 0 Å². The van der Waals surface area contributed by atoms with Gasteiger partial charge in [0.25, 0.3) is 13.9 Å². The predicted molar refractivity (Wildman–Crippen MR) is 165 cm³/mol. The largest absolute Gasteiger partial charge is 0.475 e. The molecule has 9 nitrogen and oxygen atoms in total. The number of hydrogen-bond acceptors (Lipinski definition) is 8. The molecule has 1 unspecified atom stereocenters. The van der Waals surface area contributed by atoms with E-state index in [0.717, 1.165) is 16.6 Å². The van der Waals surface area contributed by atoms with Crippen LogP contribution in [0.2, 0.25) is 10.2 Å². The van der Waals surface area contributed by atoms with Gasteiger partial charge >= 0.3 is 0 Å². The summed E-state index contributed by atoms with van der Waals surface area (Å²) >= 11 is 6.00. The number of H-pyrrole nitrogens is 1. The highest BCUT2D eigenvalue weighted by molar-refractivity contribution is 7.90. The molecule has 0 saturated heterocycles. The van der Waals surface area contributed by atoms with E-state index in [2.05, 4.69) is 65.3 Å². The molecule has 0 amide bonds. The maximum atomic E-state index is 14.9. The number of fused-ring (bicyclic) bond motifs is 1. The topological polar surface area (TPSA) is 123 Å². The second-order valence-electron chi connectivity index (χ2n) is 11.4. The van der Waals surface area contributed by atoms with Crippen molar-refractivity contribution in [3.8, 4) is 5.88 Å². The van der Waals surface area contributed by atoms with Gasteiger partial charge in [-0.05, 0) is 29.4 Å². The number of rotatable bonds is 10. The van der Waals surface area contributed by atoms with Crippen LogP contribution in [0.1, 0.15) is 27.7 Å². The van der Waals surface area contributed by atoms with Gasteiger partial charge in [0, 0.05) is 6.26 Å². The first-order valence-electron chi connectivity index (χ1n) is 13.2. The van der Waals surface area contributed by atoms with E-state index in [1.54, 1.807) is 7.05 Å². The molecule has 0 spiro atoms. The van der Waals surface area contributed by atoms with Crippen LogP contribution in [0.25, 0.3) is 10.9 Å². The number of nitrogens with one attached hydrogen (secondary N) is 2. The molecule has 2 aromatic heterocycles. The van der Waals surface area contributed by atoms with E-state index in [1.807, 2.05) is 43.3 Å². The molecular weight excluding hydrogens is 599 g/mol. The molecule has 0 aliphatic heterocycles. The number of pyridine rings is 1. The van der Waals surface area contributed by atoms with Crippen molar-refractivity contribution in [3.63, 3.8) is 0 Å². The number of aromatic nitrogens is 3. The molecule has 4 aromatic rings. The van der Waals surface area contributed by atoms with Crippen molar-refractivity contribution in [2.24, 2.45) is 0 Å². The van der Waals surface area contributed by atoms with Crippen molar-refractivity contribution in [1.82, 2.24) is 20.3 Å². The Labute approximate surface area is 250 Å². The highest BCUT2D eigenvalue weighted by Crippen LogP contribution is 2.37. The Hall–Kier alpha value is -3.16. The zero-order chi connectivity index (χ0) is 30.9. The molecule has 0 aliphatic rings. The van der Waals surface area contributed by atoms with Crippen LogP contribution in [0, 0.1) is 5.82 Å². The summed E-state index contributed by atoms with van der Waals surface area (Å²) in [6.45, 7) is 8.56. The molecule has 0 radical (unpaired) electrons. The molecule has 13 heteroatoms. The molecule has 2 N–H and O–H groups in total. The van der Waals surface area contributed by atoms with Gasteiger partial charge in [-0.2, -0.15) is 4.98 Å². The van der Waals surface area contributed by atoms with E-state index >= 15 is 0 Å². The van der Waals surface area contributed by atoms with Gasteiger partial charge in [0.05, 0.1) is 12.1 Å². The number of nitrogens with zero attached hydrogens (tertiary/aromatic N) is 2. The minimum atomic E-state index is -3.94. The molecule has 2 aromatic carbocycles. The average Bonchev–Trinajstić information content (AvgIpc) is 2.94. The van der Waals surface area contributed by atoms with Crippen LogP contribution in [0.5, 0.6) is 5.88 Å². The van der Waals surface area contributed by atoms with Gasteiger partial charge in [-0.3, -0.25) is 9.78 Å². The molecule has 1 atom stereocenters. The minimum absolute atomic E-state index is 0.0565. The lowest BCUT2D eigenvalue weighted by Gasteiger charge is -2.45. The zero-order valence-electron chi connectivity index (χ0n) is 24.3. The Morgan fingerprint density at radius 1 is 0.976 bits per heavy atom. The first-order valence-corrected chi connectivity index (χ1v) is 17.4. The summed E-state index contributed by atoms with van der Waals surface area (Å²) in [5.74, 6) is -1.40. The zero-order valence-corrected chi connectivity index (χ0v) is 26.9. The Morgan fingerprint density at radius 3 is 2.00 bits per heavy atom.